The monoisotopic (exact) mass is 356 g/mol. The zero-order valence-electron chi connectivity index (χ0n) is 6.15. The van der Waals surface area contributed by atoms with Gasteiger partial charge in [-0.3, -0.25) is 0 Å². The maximum absolute atomic E-state index is 7.14. The van der Waals surface area contributed by atoms with Crippen LogP contribution in [0.3, 0.4) is 0 Å². The Kier molecular flexibility index (Phi) is 308000. The fourth-order valence-electron chi connectivity index (χ4n) is 0. The highest BCUT2D eigenvalue weighted by atomic mass is 28.2. The van der Waals surface area contributed by atoms with Crippen molar-refractivity contribution >= 4 is 10.5 Å². The van der Waals surface area contributed by atoms with Crippen LogP contribution in [0.15, 0.2) is 0 Å². The average molecular weight is 357 g/mol. The molecule has 0 aliphatic heterocycles. The minimum atomic E-state index is 0. The second-order valence-electron chi connectivity index (χ2n) is 0.707. The molecule has 0 amide bonds. The van der Waals surface area contributed by atoms with E-state index in [1.165, 1.54) is 6.42 Å². The second kappa shape index (κ2) is 7000. The summed E-state index contributed by atoms with van der Waals surface area (Å²) in [6, 6.07) is 0. The van der Waals surface area contributed by atoms with Crippen LogP contribution in [0.4, 0.5) is 0 Å². The van der Waals surface area contributed by atoms with Crippen LogP contribution in [0.2, 0.25) is 0 Å². The van der Waals surface area contributed by atoms with Gasteiger partial charge in [0.2, 0.25) is 0 Å². The highest BCUT2D eigenvalue weighted by molar-refractivity contribution is 5.95. The van der Waals surface area contributed by atoms with Gasteiger partial charge in [-0.05, 0) is 0 Å². The van der Waals surface area contributed by atoms with Crippen molar-refractivity contribution in [2.75, 3.05) is 0 Å². The van der Waals surface area contributed by atoms with Gasteiger partial charge in [0.25, 0.3) is 0 Å². The van der Waals surface area contributed by atoms with Crippen LogP contribution in [-0.4, -0.2) is 37.2 Å². The summed E-state index contributed by atoms with van der Waals surface area (Å²) in [6.07, 6.45) is 1.25. The van der Waals surface area contributed by atoms with Crippen molar-refractivity contribution in [2.45, 2.75) is 109 Å². The highest BCUT2D eigenvalue weighted by Gasteiger charge is 1.35. The second-order valence-corrected chi connectivity index (χ2v) is 0.707. The van der Waals surface area contributed by atoms with E-state index in [4.69, 9.17) is 4.80 Å². The Morgan fingerprint density at radius 3 is 0.429 bits per heavy atom. The molecule has 162 valence electrons. The molecule has 5 nitrogen and oxygen atoms in total. The zero-order chi connectivity index (χ0) is 4.71. The smallest absolute Gasteiger partial charge is 0.141 e. The quantitative estimate of drug-likeness (QED) is 0.642. The molecule has 0 bridgehead atoms. The molecule has 0 aliphatic carbocycles. The van der Waals surface area contributed by atoms with Crippen molar-refractivity contribution in [3.8, 4) is 0 Å². The first kappa shape index (κ1) is 925. The largest absolute Gasteiger partial charge is 0.442 e. The first-order valence-corrected chi connectivity index (χ1v) is 2.76. The molecule has 0 saturated carbocycles. The Morgan fingerprint density at radius 2 is 0.429 bits per heavy atom. The van der Waals surface area contributed by atoms with Crippen molar-refractivity contribution < 1.29 is 26.7 Å². The predicted octanol–water partition coefficient (Wildman–Crippen LogP) is 4.01. The molecule has 0 aromatic carbocycles. The Labute approximate surface area is 147 Å². The third kappa shape index (κ3) is 22800000. The lowest BCUT2D eigenvalue weighted by Gasteiger charge is -1.48. The van der Waals surface area contributed by atoms with Gasteiger partial charge < -0.3 is 26.7 Å². The Bertz CT molecular complexity index is 22.0. The maximum atomic E-state index is 7.14. The zero-order valence-corrected chi connectivity index (χ0v) is 8.15. The summed E-state index contributed by atoms with van der Waals surface area (Å²) in [5.41, 5.74) is 0. The molecule has 0 fully saturated rings. The minimum Gasteiger partial charge on any atom is -0.442 e. The van der Waals surface area contributed by atoms with E-state index in [0.29, 0.717) is 10.5 Å². The molecule has 6 heteroatoms. The molecule has 9 N–H and O–H groups in total. The van der Waals surface area contributed by atoms with Gasteiger partial charge >= 0.3 is 0 Å². The molecule has 0 radical (unpaired) electrons. The summed E-state index contributed by atoms with van der Waals surface area (Å²) in [5.74, 6) is 0. The lowest BCUT2D eigenvalue weighted by molar-refractivity contribution is 0.629. The molecule has 0 atom stereocenters. The summed E-state index contributed by atoms with van der Waals surface area (Å²) in [5, 5.41) is 0. The fraction of sp³-hybridized carbons (Fsp3) is 1.00. The average Bonchev–Trinajstić information content (AvgIpc) is 1.46. The molecule has 0 spiro atoms. The van der Waals surface area contributed by atoms with E-state index in [2.05, 4.69) is 13.8 Å². The van der Waals surface area contributed by atoms with Crippen molar-refractivity contribution in [1.29, 1.82) is 0 Å². The van der Waals surface area contributed by atoms with Gasteiger partial charge in [-0.25, -0.2) is 0 Å². The van der Waals surface area contributed by atoms with Crippen molar-refractivity contribution in [3.63, 3.8) is 0 Å². The van der Waals surface area contributed by atoms with E-state index in [-0.39, 0.29) is 111 Å². The number of hydrogen-bond donors (Lipinski definition) is 1. The predicted molar refractivity (Wildman–Crippen MR) is 123 cm³/mol. The number of rotatable bonds is 0. The standard InChI is InChI=1S/C3H8.12CH4.H4OSi.4H2O/c1-3-2;;;;;;;;;;;;;1-2;;;;/h3H2,1-2H3;12*1H4;1H,2H3;4*1H2. The van der Waals surface area contributed by atoms with Crippen molar-refractivity contribution in [3.05, 3.63) is 0 Å². The lowest BCUT2D eigenvalue weighted by Crippen LogP contribution is -1.34. The molecule has 21 heavy (non-hydrogen) atoms. The van der Waals surface area contributed by atoms with E-state index in [1.807, 2.05) is 0 Å². The summed E-state index contributed by atoms with van der Waals surface area (Å²) < 4.78 is 0. The topological polar surface area (TPSA) is 146 Å². The molecule has 0 saturated heterocycles. The molecule has 0 aromatic heterocycles. The van der Waals surface area contributed by atoms with Gasteiger partial charge in [-0.2, -0.15) is 0 Å². The van der Waals surface area contributed by atoms with Gasteiger partial charge in [-0.15, -0.1) is 0 Å². The third-order valence-corrected chi connectivity index (χ3v) is 0. The lowest BCUT2D eigenvalue weighted by atomic mass is 10.6. The van der Waals surface area contributed by atoms with E-state index in [9.17, 15) is 0 Å². The Morgan fingerprint density at radius 1 is 0.429 bits per heavy atom. The highest BCUT2D eigenvalue weighted by Crippen LogP contribution is 1.56. The fourth-order valence-corrected chi connectivity index (χ4v) is 0. The molecule has 0 aromatic rings. The van der Waals surface area contributed by atoms with Crippen molar-refractivity contribution in [1.82, 2.24) is 0 Å². The van der Waals surface area contributed by atoms with E-state index in [1.54, 1.807) is 0 Å². The SMILES string of the molecule is C.C.C.C.C.C.C.C.C.C.C.C.CCC.O.O.O.O.O[SiH3]. The van der Waals surface area contributed by atoms with Crippen LogP contribution in [0, 0.1) is 0 Å². The minimum absolute atomic E-state index is 0. The normalized spacial score (nSPS) is 1.29. The molecule has 0 rings (SSSR count). The van der Waals surface area contributed by atoms with E-state index >= 15 is 0 Å². The van der Waals surface area contributed by atoms with Gasteiger partial charge in [0.05, 0.1) is 0 Å². The summed E-state index contributed by atoms with van der Waals surface area (Å²) in [6.45, 7) is 4.25. The van der Waals surface area contributed by atoms with Crippen LogP contribution in [0.25, 0.3) is 0 Å². The van der Waals surface area contributed by atoms with Crippen molar-refractivity contribution in [2.24, 2.45) is 0 Å². The van der Waals surface area contributed by atoms with E-state index < -0.39 is 0 Å². The first-order valence-electron chi connectivity index (χ1n) is 1.86. The summed E-state index contributed by atoms with van der Waals surface area (Å²) >= 11 is 0. The third-order valence-electron chi connectivity index (χ3n) is 0. The molecule has 0 heterocycles. The molecule has 0 aliphatic rings. The maximum Gasteiger partial charge on any atom is 0.141 e. The van der Waals surface area contributed by atoms with Gasteiger partial charge in [0, 0.05) is 0 Å². The van der Waals surface area contributed by atoms with Gasteiger partial charge in [0.15, 0.2) is 0 Å². The first-order chi connectivity index (χ1) is 2.41. The molecule has 0 unspecified atom stereocenters. The summed E-state index contributed by atoms with van der Waals surface area (Å²) in [7, 11) is 0.306. The van der Waals surface area contributed by atoms with E-state index in [0.717, 1.165) is 0 Å². The Balaban J connectivity index is -0.000000000307. The van der Waals surface area contributed by atoms with Gasteiger partial charge in [-0.1, -0.05) is 109 Å². The molecular weight excluding hydrogens is 288 g/mol. The number of hydrogen-bond acceptors (Lipinski definition) is 1. The van der Waals surface area contributed by atoms with Crippen LogP contribution < -0.4 is 0 Å². The van der Waals surface area contributed by atoms with Crippen LogP contribution in [-0.2, 0) is 0 Å². The molecular formula is C15H68O5Si. The van der Waals surface area contributed by atoms with Crippen LogP contribution >= 0.6 is 0 Å². The van der Waals surface area contributed by atoms with Crippen LogP contribution in [0.1, 0.15) is 109 Å². The summed E-state index contributed by atoms with van der Waals surface area (Å²) in [4.78, 5) is 7.14. The van der Waals surface area contributed by atoms with Gasteiger partial charge in [0.1, 0.15) is 10.5 Å². The Hall–Kier alpha value is 0.0169. The van der Waals surface area contributed by atoms with Crippen LogP contribution in [0.5, 0.6) is 0 Å².